The number of aliphatic hydroxyl groups is 2. The van der Waals surface area contributed by atoms with Crippen molar-refractivity contribution in [2.75, 3.05) is 0 Å². The van der Waals surface area contributed by atoms with Gasteiger partial charge in [0.2, 0.25) is 0 Å². The third-order valence-electron chi connectivity index (χ3n) is 7.16. The van der Waals surface area contributed by atoms with E-state index < -0.39 is 5.60 Å². The molecule has 0 aromatic rings. The minimum absolute atomic E-state index is 0.0367. The van der Waals surface area contributed by atoms with Gasteiger partial charge >= 0.3 is 0 Å². The van der Waals surface area contributed by atoms with Gasteiger partial charge in [0.05, 0.1) is 11.7 Å². The molecule has 7 atom stereocenters. The van der Waals surface area contributed by atoms with Crippen molar-refractivity contribution >= 4 is 31.9 Å². The fourth-order valence-corrected chi connectivity index (χ4v) is 6.93. The molecule has 0 unspecified atom stereocenters. The molecule has 24 heavy (non-hydrogen) atoms. The second-order valence-corrected chi connectivity index (χ2v) is 11.9. The molecule has 0 saturated heterocycles. The van der Waals surface area contributed by atoms with Crippen LogP contribution < -0.4 is 0 Å². The summed E-state index contributed by atoms with van der Waals surface area (Å²) in [6.07, 6.45) is 7.91. The number of rotatable bonds is 1. The first kappa shape index (κ1) is 19.4. The van der Waals surface area contributed by atoms with Crippen molar-refractivity contribution < 1.29 is 10.2 Å². The first-order valence-electron chi connectivity index (χ1n) is 9.35. The van der Waals surface area contributed by atoms with Crippen LogP contribution in [0.5, 0.6) is 0 Å². The summed E-state index contributed by atoms with van der Waals surface area (Å²) < 4.78 is 0. The lowest BCUT2D eigenvalue weighted by Gasteiger charge is -2.50. The van der Waals surface area contributed by atoms with Gasteiger partial charge in [0.1, 0.15) is 0 Å². The van der Waals surface area contributed by atoms with Gasteiger partial charge in [-0.05, 0) is 56.3 Å². The monoisotopic (exact) mass is 462 g/mol. The van der Waals surface area contributed by atoms with Crippen molar-refractivity contribution in [3.63, 3.8) is 0 Å². The van der Waals surface area contributed by atoms with Crippen LogP contribution in [0.1, 0.15) is 66.2 Å². The highest BCUT2D eigenvalue weighted by molar-refractivity contribution is 9.09. The largest absolute Gasteiger partial charge is 0.392 e. The molecule has 2 nitrogen and oxygen atoms in total. The SMILES string of the molecule is CC1(C)C/C(=C/[C@@H]2[C@H](O)C[C@]3(C)[C@@H](Br)CC[C@@](C)(O)[C@@H]23)CC[C@@H]1Br. The van der Waals surface area contributed by atoms with Crippen molar-refractivity contribution in [1.82, 2.24) is 0 Å². The predicted molar refractivity (Wildman–Crippen MR) is 107 cm³/mol. The minimum Gasteiger partial charge on any atom is -0.392 e. The third kappa shape index (κ3) is 3.18. The van der Waals surface area contributed by atoms with Crippen LogP contribution in [0.4, 0.5) is 0 Å². The maximum absolute atomic E-state index is 11.1. The second kappa shape index (κ2) is 6.35. The van der Waals surface area contributed by atoms with E-state index in [0.717, 1.165) is 38.5 Å². The van der Waals surface area contributed by atoms with Crippen LogP contribution in [-0.2, 0) is 0 Å². The van der Waals surface area contributed by atoms with Crippen molar-refractivity contribution in [3.05, 3.63) is 11.6 Å². The topological polar surface area (TPSA) is 40.5 Å². The molecule has 0 aliphatic heterocycles. The van der Waals surface area contributed by atoms with Crippen LogP contribution in [0.2, 0.25) is 0 Å². The summed E-state index contributed by atoms with van der Waals surface area (Å²) in [5.74, 6) is 0.193. The fourth-order valence-electron chi connectivity index (χ4n) is 5.84. The van der Waals surface area contributed by atoms with Crippen LogP contribution in [0.3, 0.4) is 0 Å². The van der Waals surface area contributed by atoms with Crippen LogP contribution >= 0.6 is 31.9 Å². The zero-order chi connectivity index (χ0) is 17.9. The summed E-state index contributed by atoms with van der Waals surface area (Å²) >= 11 is 7.69. The van der Waals surface area contributed by atoms with E-state index in [2.05, 4.69) is 58.7 Å². The molecule has 0 amide bonds. The summed E-state index contributed by atoms with van der Waals surface area (Å²) in [5.41, 5.74) is 0.992. The Bertz CT molecular complexity index is 528. The van der Waals surface area contributed by atoms with Gasteiger partial charge in [-0.25, -0.2) is 0 Å². The van der Waals surface area contributed by atoms with Gasteiger partial charge < -0.3 is 10.2 Å². The second-order valence-electron chi connectivity index (χ2n) is 9.69. The number of aliphatic hydroxyl groups excluding tert-OH is 1. The predicted octanol–water partition coefficient (Wildman–Crippen LogP) is 5.20. The Morgan fingerprint density at radius 1 is 1.08 bits per heavy atom. The number of fused-ring (bicyclic) bond motifs is 1. The molecule has 138 valence electrons. The highest BCUT2D eigenvalue weighted by atomic mass is 79.9. The molecule has 0 bridgehead atoms. The molecule has 0 radical (unpaired) electrons. The number of hydrogen-bond acceptors (Lipinski definition) is 2. The zero-order valence-electron chi connectivity index (χ0n) is 15.4. The number of halogens is 2. The molecule has 3 fully saturated rings. The Hall–Kier alpha value is 0.620. The van der Waals surface area contributed by atoms with Gasteiger partial charge in [-0.2, -0.15) is 0 Å². The van der Waals surface area contributed by atoms with E-state index in [1.165, 1.54) is 5.57 Å². The molecule has 3 aliphatic rings. The van der Waals surface area contributed by atoms with Crippen molar-refractivity contribution in [2.45, 2.75) is 87.6 Å². The standard InChI is InChI=1S/C20H32Br2O2/c1-18(2)10-12(5-6-15(18)21)9-13-14(23)11-19(3)16(22)7-8-20(4,24)17(13)19/h9,13-17,23-24H,5-8,10-11H2,1-4H3/b12-9+/t13-,14-,15+,16+,17+,19-,20-/m1/s1. The summed E-state index contributed by atoms with van der Waals surface area (Å²) in [4.78, 5) is 0.939. The molecule has 3 saturated carbocycles. The Labute approximate surface area is 163 Å². The van der Waals surface area contributed by atoms with E-state index in [1.54, 1.807) is 0 Å². The van der Waals surface area contributed by atoms with E-state index in [1.807, 2.05) is 6.92 Å². The van der Waals surface area contributed by atoms with Gasteiger partial charge in [-0.3, -0.25) is 0 Å². The molecular weight excluding hydrogens is 432 g/mol. The summed E-state index contributed by atoms with van der Waals surface area (Å²) in [6.45, 7) is 8.88. The average Bonchev–Trinajstić information content (AvgIpc) is 2.72. The van der Waals surface area contributed by atoms with Crippen LogP contribution in [-0.4, -0.2) is 31.6 Å². The first-order chi connectivity index (χ1) is 11.0. The first-order valence-corrected chi connectivity index (χ1v) is 11.2. The molecule has 3 aliphatic carbocycles. The Morgan fingerprint density at radius 3 is 2.38 bits per heavy atom. The Kier molecular flexibility index (Phi) is 5.13. The van der Waals surface area contributed by atoms with E-state index >= 15 is 0 Å². The van der Waals surface area contributed by atoms with Gasteiger partial charge in [-0.1, -0.05) is 64.3 Å². The molecule has 3 rings (SSSR count). The minimum atomic E-state index is -0.694. The number of allylic oxidation sites excluding steroid dienone is 1. The van der Waals surface area contributed by atoms with E-state index in [-0.39, 0.29) is 28.8 Å². The number of hydrogen-bond donors (Lipinski definition) is 2. The molecule has 0 spiro atoms. The lowest BCUT2D eigenvalue weighted by atomic mass is 9.60. The van der Waals surface area contributed by atoms with E-state index in [4.69, 9.17) is 0 Å². The molecule has 2 N–H and O–H groups in total. The van der Waals surface area contributed by atoms with Crippen LogP contribution in [0, 0.1) is 22.7 Å². The van der Waals surface area contributed by atoms with Gasteiger partial charge in [0, 0.05) is 21.5 Å². The van der Waals surface area contributed by atoms with Gasteiger partial charge in [-0.15, -0.1) is 0 Å². The third-order valence-corrected chi connectivity index (χ3v) is 10.4. The molecule has 0 heterocycles. The highest BCUT2D eigenvalue weighted by Crippen LogP contribution is 2.61. The van der Waals surface area contributed by atoms with Gasteiger partial charge in [0.25, 0.3) is 0 Å². The molecule has 0 aromatic carbocycles. The molecular formula is C20H32Br2O2. The normalized spacial score (nSPS) is 53.2. The quantitative estimate of drug-likeness (QED) is 0.414. The molecule has 4 heteroatoms. The maximum Gasteiger partial charge on any atom is 0.0660 e. The lowest BCUT2D eigenvalue weighted by molar-refractivity contribution is -0.0884. The van der Waals surface area contributed by atoms with Crippen molar-refractivity contribution in [1.29, 1.82) is 0 Å². The van der Waals surface area contributed by atoms with E-state index in [0.29, 0.717) is 9.65 Å². The summed E-state index contributed by atoms with van der Waals surface area (Å²) in [5, 5.41) is 22.0. The Balaban J connectivity index is 1.91. The fraction of sp³-hybridized carbons (Fsp3) is 0.900. The van der Waals surface area contributed by atoms with Crippen LogP contribution in [0.15, 0.2) is 11.6 Å². The van der Waals surface area contributed by atoms with E-state index in [9.17, 15) is 10.2 Å². The van der Waals surface area contributed by atoms with Crippen LogP contribution in [0.25, 0.3) is 0 Å². The smallest absolute Gasteiger partial charge is 0.0660 e. The Morgan fingerprint density at radius 2 is 1.75 bits per heavy atom. The maximum atomic E-state index is 11.1. The van der Waals surface area contributed by atoms with Gasteiger partial charge in [0.15, 0.2) is 0 Å². The highest BCUT2D eigenvalue weighted by Gasteiger charge is 2.61. The zero-order valence-corrected chi connectivity index (χ0v) is 18.5. The summed E-state index contributed by atoms with van der Waals surface area (Å²) in [6, 6.07) is 0. The lowest BCUT2D eigenvalue weighted by Crippen LogP contribution is -2.52. The average molecular weight is 464 g/mol. The number of alkyl halides is 2. The summed E-state index contributed by atoms with van der Waals surface area (Å²) in [7, 11) is 0. The molecule has 0 aromatic heterocycles. The van der Waals surface area contributed by atoms with Crippen molar-refractivity contribution in [2.24, 2.45) is 22.7 Å². The van der Waals surface area contributed by atoms with Crippen molar-refractivity contribution in [3.8, 4) is 0 Å².